The molecule has 88 valence electrons. The fraction of sp³-hybridized carbons (Fsp3) is 0.364. The first-order valence-electron chi connectivity index (χ1n) is 5.65. The van der Waals surface area contributed by atoms with Crippen LogP contribution in [0.2, 0.25) is 0 Å². The molecule has 2 N–H and O–H groups in total. The lowest BCUT2D eigenvalue weighted by atomic mass is 10.2. The van der Waals surface area contributed by atoms with Crippen molar-refractivity contribution < 1.29 is 4.79 Å². The Morgan fingerprint density at radius 2 is 2.47 bits per heavy atom. The summed E-state index contributed by atoms with van der Waals surface area (Å²) in [5.74, 6) is 0.940. The molecule has 6 heteroatoms. The van der Waals surface area contributed by atoms with Crippen molar-refractivity contribution in [1.29, 1.82) is 0 Å². The van der Waals surface area contributed by atoms with Gasteiger partial charge in [0, 0.05) is 31.3 Å². The summed E-state index contributed by atoms with van der Waals surface area (Å²) in [6, 6.07) is 3.93. The van der Waals surface area contributed by atoms with Gasteiger partial charge in [-0.05, 0) is 12.5 Å². The number of amides is 1. The number of nitrogens with one attached hydrogen (secondary N) is 2. The van der Waals surface area contributed by atoms with Gasteiger partial charge in [-0.2, -0.15) is 5.10 Å². The number of fused-ring (bicyclic) bond motifs is 1. The van der Waals surface area contributed by atoms with Gasteiger partial charge in [-0.3, -0.25) is 4.79 Å². The van der Waals surface area contributed by atoms with Gasteiger partial charge >= 0.3 is 0 Å². The van der Waals surface area contributed by atoms with E-state index >= 15 is 0 Å². The minimum atomic E-state index is 0.135. The second-order valence-corrected chi connectivity index (χ2v) is 4.13. The van der Waals surface area contributed by atoms with E-state index in [-0.39, 0.29) is 11.9 Å². The van der Waals surface area contributed by atoms with E-state index in [0.29, 0.717) is 13.0 Å². The van der Waals surface area contributed by atoms with Crippen LogP contribution in [0.5, 0.6) is 0 Å². The van der Waals surface area contributed by atoms with Crippen molar-refractivity contribution in [2.45, 2.75) is 18.9 Å². The molecule has 0 aromatic carbocycles. The van der Waals surface area contributed by atoms with Crippen LogP contribution in [-0.2, 0) is 4.79 Å². The summed E-state index contributed by atoms with van der Waals surface area (Å²) < 4.78 is 1.71. The molecule has 0 saturated carbocycles. The molecule has 0 aliphatic carbocycles. The number of carbonyl (C=O) groups is 1. The molecule has 17 heavy (non-hydrogen) atoms. The van der Waals surface area contributed by atoms with Crippen molar-refractivity contribution in [2.75, 3.05) is 11.9 Å². The number of carbonyl (C=O) groups excluding carboxylic acids is 1. The zero-order valence-electron chi connectivity index (χ0n) is 9.26. The van der Waals surface area contributed by atoms with Crippen LogP contribution >= 0.6 is 0 Å². The number of rotatable bonds is 3. The van der Waals surface area contributed by atoms with Crippen LogP contribution < -0.4 is 10.6 Å². The van der Waals surface area contributed by atoms with E-state index in [0.717, 1.165) is 17.9 Å². The van der Waals surface area contributed by atoms with Gasteiger partial charge in [-0.15, -0.1) is 0 Å². The molecule has 1 aliphatic rings. The molecule has 1 saturated heterocycles. The van der Waals surface area contributed by atoms with Gasteiger partial charge in [0.2, 0.25) is 5.91 Å². The Labute approximate surface area is 98.0 Å². The highest BCUT2D eigenvalue weighted by Crippen LogP contribution is 2.09. The summed E-state index contributed by atoms with van der Waals surface area (Å²) in [7, 11) is 0. The number of nitrogens with zero attached hydrogens (tertiary/aromatic N) is 3. The van der Waals surface area contributed by atoms with Crippen LogP contribution in [0.4, 0.5) is 5.82 Å². The predicted molar refractivity (Wildman–Crippen MR) is 62.6 cm³/mol. The molecule has 1 fully saturated rings. The number of hydrogen-bond donors (Lipinski definition) is 2. The predicted octanol–water partition coefficient (Wildman–Crippen LogP) is 0.420. The Morgan fingerprint density at radius 3 is 3.29 bits per heavy atom. The van der Waals surface area contributed by atoms with E-state index in [9.17, 15) is 4.79 Å². The van der Waals surface area contributed by atoms with E-state index < -0.39 is 0 Å². The van der Waals surface area contributed by atoms with Crippen molar-refractivity contribution in [3.05, 3.63) is 24.5 Å². The number of anilines is 1. The Bertz CT molecular complexity index is 550. The third kappa shape index (κ3) is 2.06. The van der Waals surface area contributed by atoms with E-state index in [2.05, 4.69) is 20.7 Å². The molecule has 6 nitrogen and oxygen atoms in total. The average molecular weight is 231 g/mol. The quantitative estimate of drug-likeness (QED) is 0.803. The van der Waals surface area contributed by atoms with E-state index in [1.165, 1.54) is 0 Å². The summed E-state index contributed by atoms with van der Waals surface area (Å²) >= 11 is 0. The van der Waals surface area contributed by atoms with Gasteiger partial charge in [-0.1, -0.05) is 0 Å². The van der Waals surface area contributed by atoms with Gasteiger partial charge in [-0.25, -0.2) is 9.50 Å². The van der Waals surface area contributed by atoms with E-state index in [1.807, 2.05) is 18.3 Å². The SMILES string of the molecule is O=C1CCC(CNc2ccn3nccc3n2)N1. The maximum absolute atomic E-state index is 11.0. The van der Waals surface area contributed by atoms with Gasteiger partial charge in [0.05, 0.1) is 6.20 Å². The highest BCUT2D eigenvalue weighted by Gasteiger charge is 2.20. The molecule has 1 aliphatic heterocycles. The largest absolute Gasteiger partial charge is 0.368 e. The molecule has 1 amide bonds. The summed E-state index contributed by atoms with van der Waals surface area (Å²) in [6.07, 6.45) is 5.09. The summed E-state index contributed by atoms with van der Waals surface area (Å²) in [5, 5.41) is 10.2. The van der Waals surface area contributed by atoms with Gasteiger partial charge in [0.1, 0.15) is 5.82 Å². The highest BCUT2D eigenvalue weighted by molar-refractivity contribution is 5.78. The summed E-state index contributed by atoms with van der Waals surface area (Å²) in [6.45, 7) is 0.711. The van der Waals surface area contributed by atoms with Crippen molar-refractivity contribution in [2.24, 2.45) is 0 Å². The third-order valence-electron chi connectivity index (χ3n) is 2.87. The third-order valence-corrected chi connectivity index (χ3v) is 2.87. The van der Waals surface area contributed by atoms with E-state index in [4.69, 9.17) is 0 Å². The Morgan fingerprint density at radius 1 is 1.53 bits per heavy atom. The van der Waals surface area contributed by atoms with Crippen LogP contribution in [0.15, 0.2) is 24.5 Å². The topological polar surface area (TPSA) is 71.3 Å². The highest BCUT2D eigenvalue weighted by atomic mass is 16.1. The van der Waals surface area contributed by atoms with Crippen molar-refractivity contribution >= 4 is 17.4 Å². The molecule has 0 radical (unpaired) electrons. The zero-order valence-corrected chi connectivity index (χ0v) is 9.26. The number of aromatic nitrogens is 3. The normalized spacial score (nSPS) is 19.5. The lowest BCUT2D eigenvalue weighted by molar-refractivity contribution is -0.119. The molecule has 3 rings (SSSR count). The van der Waals surface area contributed by atoms with Crippen molar-refractivity contribution in [3.8, 4) is 0 Å². The molecule has 0 bridgehead atoms. The van der Waals surface area contributed by atoms with Crippen LogP contribution in [0.25, 0.3) is 5.65 Å². The van der Waals surface area contributed by atoms with Gasteiger partial charge < -0.3 is 10.6 Å². The lowest BCUT2D eigenvalue weighted by Gasteiger charge is -2.11. The Hall–Kier alpha value is -2.11. The summed E-state index contributed by atoms with van der Waals surface area (Å²) in [5.41, 5.74) is 0.811. The molecular formula is C11H13N5O. The van der Waals surface area contributed by atoms with Crippen molar-refractivity contribution in [3.63, 3.8) is 0 Å². The van der Waals surface area contributed by atoms with E-state index in [1.54, 1.807) is 10.7 Å². The smallest absolute Gasteiger partial charge is 0.220 e. The molecular weight excluding hydrogens is 218 g/mol. The Balaban J connectivity index is 1.66. The lowest BCUT2D eigenvalue weighted by Crippen LogP contribution is -2.31. The molecule has 0 spiro atoms. The van der Waals surface area contributed by atoms with Crippen molar-refractivity contribution in [1.82, 2.24) is 19.9 Å². The minimum absolute atomic E-state index is 0.135. The average Bonchev–Trinajstić information content (AvgIpc) is 2.94. The monoisotopic (exact) mass is 231 g/mol. The second kappa shape index (κ2) is 4.04. The fourth-order valence-corrected chi connectivity index (χ4v) is 1.97. The molecule has 2 aromatic rings. The standard InChI is InChI=1S/C11H13N5O/c17-11-2-1-8(14-11)7-12-9-4-6-16-10(15-9)3-5-13-16/h3-6,8H,1-2,7H2,(H,12,15)(H,14,17). The maximum Gasteiger partial charge on any atom is 0.220 e. The number of hydrogen-bond acceptors (Lipinski definition) is 4. The summed E-state index contributed by atoms with van der Waals surface area (Å²) in [4.78, 5) is 15.4. The zero-order chi connectivity index (χ0) is 11.7. The van der Waals surface area contributed by atoms with Crippen LogP contribution in [0.3, 0.4) is 0 Å². The molecule has 2 aromatic heterocycles. The molecule has 3 heterocycles. The molecule has 1 unspecified atom stereocenters. The fourth-order valence-electron chi connectivity index (χ4n) is 1.97. The Kier molecular flexibility index (Phi) is 2.40. The minimum Gasteiger partial charge on any atom is -0.368 e. The second-order valence-electron chi connectivity index (χ2n) is 4.13. The first kappa shape index (κ1) is 10.1. The van der Waals surface area contributed by atoms with Crippen LogP contribution in [0, 0.1) is 0 Å². The molecule has 1 atom stereocenters. The maximum atomic E-state index is 11.0. The van der Waals surface area contributed by atoms with Gasteiger partial charge in [0.25, 0.3) is 0 Å². The first-order valence-corrected chi connectivity index (χ1v) is 5.65. The van der Waals surface area contributed by atoms with Crippen LogP contribution in [-0.4, -0.2) is 33.1 Å². The first-order chi connectivity index (χ1) is 8.31. The van der Waals surface area contributed by atoms with Gasteiger partial charge in [0.15, 0.2) is 5.65 Å². The van der Waals surface area contributed by atoms with Crippen LogP contribution in [0.1, 0.15) is 12.8 Å².